The van der Waals surface area contributed by atoms with Crippen molar-refractivity contribution in [1.82, 2.24) is 4.57 Å². The van der Waals surface area contributed by atoms with Crippen LogP contribution in [-0.2, 0) is 11.8 Å². The Labute approximate surface area is 192 Å². The van der Waals surface area contributed by atoms with E-state index in [9.17, 15) is 27.2 Å². The Bertz CT molecular complexity index is 956. The third kappa shape index (κ3) is 6.42. The van der Waals surface area contributed by atoms with Gasteiger partial charge in [-0.2, -0.15) is 0 Å². The van der Waals surface area contributed by atoms with Crippen LogP contribution in [0.1, 0.15) is 41.7 Å². The highest BCUT2D eigenvalue weighted by Crippen LogP contribution is 2.56. The second-order valence-electron chi connectivity index (χ2n) is 7.32. The van der Waals surface area contributed by atoms with Gasteiger partial charge < -0.3 is 14.7 Å². The van der Waals surface area contributed by atoms with E-state index in [2.05, 4.69) is 18.5 Å². The number of rotatable bonds is 5. The van der Waals surface area contributed by atoms with Gasteiger partial charge in [0.15, 0.2) is 5.82 Å². The number of nitrogens with zero attached hydrogens (tertiary/aromatic N) is 1. The second kappa shape index (κ2) is 11.6. The van der Waals surface area contributed by atoms with E-state index in [0.29, 0.717) is 24.8 Å². The van der Waals surface area contributed by atoms with Crippen molar-refractivity contribution in [3.63, 3.8) is 0 Å². The average Bonchev–Trinajstić information content (AvgIpc) is 3.04. The Hall–Kier alpha value is -2.18. The molecule has 4 nitrogen and oxygen atoms in total. The number of carbonyl (C=O) groups is 2. The van der Waals surface area contributed by atoms with Gasteiger partial charge in [0, 0.05) is 25.1 Å². The lowest BCUT2D eigenvalue weighted by Gasteiger charge is -2.44. The van der Waals surface area contributed by atoms with E-state index in [4.69, 9.17) is 11.6 Å². The second-order valence-corrected chi connectivity index (χ2v) is 8.42. The van der Waals surface area contributed by atoms with Crippen molar-refractivity contribution in [2.45, 2.75) is 38.3 Å². The van der Waals surface area contributed by atoms with Gasteiger partial charge in [-0.25, -0.2) is 17.6 Å². The van der Waals surface area contributed by atoms with Gasteiger partial charge in [0.25, 0.3) is 11.6 Å². The molecule has 1 N–H and O–H groups in total. The Morgan fingerprint density at radius 1 is 1.34 bits per heavy atom. The van der Waals surface area contributed by atoms with Crippen molar-refractivity contribution in [2.24, 2.45) is 12.5 Å². The zero-order valence-corrected chi connectivity index (χ0v) is 19.8. The molecule has 0 aliphatic heterocycles. The van der Waals surface area contributed by atoms with Crippen LogP contribution in [0.4, 0.5) is 23.2 Å². The average molecular weight is 493 g/mol. The Balaban J connectivity index is 0.000000335. The van der Waals surface area contributed by atoms with Crippen LogP contribution >= 0.6 is 20.8 Å². The van der Waals surface area contributed by atoms with E-state index in [1.165, 1.54) is 9.24 Å². The summed E-state index contributed by atoms with van der Waals surface area (Å²) in [6, 6.07) is 3.79. The Kier molecular flexibility index (Phi) is 10.1. The normalized spacial score (nSPS) is 14.1. The first-order valence-corrected chi connectivity index (χ1v) is 10.6. The van der Waals surface area contributed by atoms with E-state index >= 15 is 0 Å². The number of aryl methyl sites for hydroxylation is 2. The lowest BCUT2D eigenvalue weighted by molar-refractivity contribution is -0.125. The van der Waals surface area contributed by atoms with E-state index in [1.807, 2.05) is 6.92 Å². The number of alkyl halides is 2. The maximum Gasteiger partial charge on any atom is 0.272 e. The number of benzene rings is 1. The predicted molar refractivity (Wildman–Crippen MR) is 122 cm³/mol. The molecule has 1 atom stereocenters. The summed E-state index contributed by atoms with van der Waals surface area (Å²) < 4.78 is 53.9. The van der Waals surface area contributed by atoms with Crippen LogP contribution in [0, 0.1) is 24.0 Å². The SMILES string of the molecule is C=C.Cc1cc(C(=O)Nc2ccc(F)c(Cl)c2F)n(C)c1.O=CCC1(C(F)(F)P)CCC1. The fourth-order valence-electron chi connectivity index (χ4n) is 3.20. The van der Waals surface area contributed by atoms with Gasteiger partial charge in [-0.05, 0) is 43.5 Å². The summed E-state index contributed by atoms with van der Waals surface area (Å²) in [6.07, 6.45) is 4.12. The summed E-state index contributed by atoms with van der Waals surface area (Å²) in [6.45, 7) is 7.84. The summed E-state index contributed by atoms with van der Waals surface area (Å²) in [5.74, 6) is -2.34. The van der Waals surface area contributed by atoms with Gasteiger partial charge in [0.2, 0.25) is 0 Å². The fraction of sp³-hybridized carbons (Fsp3) is 0.364. The molecular formula is C22H26ClF4N2O2P. The molecule has 1 aliphatic rings. The molecule has 32 heavy (non-hydrogen) atoms. The molecule has 1 aromatic carbocycles. The van der Waals surface area contributed by atoms with Crippen molar-refractivity contribution in [1.29, 1.82) is 0 Å². The quantitative estimate of drug-likeness (QED) is 0.169. The third-order valence-electron chi connectivity index (χ3n) is 5.15. The zero-order valence-electron chi connectivity index (χ0n) is 17.9. The lowest BCUT2D eigenvalue weighted by Crippen LogP contribution is -2.42. The number of halogens is 5. The predicted octanol–water partition coefficient (Wildman–Crippen LogP) is 6.53. The smallest absolute Gasteiger partial charge is 0.272 e. The molecule has 1 saturated carbocycles. The minimum absolute atomic E-state index is 0.0104. The number of amides is 1. The van der Waals surface area contributed by atoms with Gasteiger partial charge in [0.05, 0.1) is 5.69 Å². The largest absolute Gasteiger partial charge is 0.346 e. The molecule has 0 bridgehead atoms. The molecule has 0 saturated heterocycles. The highest BCUT2D eigenvalue weighted by molar-refractivity contribution is 7.18. The number of aldehydes is 1. The first-order chi connectivity index (χ1) is 14.9. The van der Waals surface area contributed by atoms with Crippen LogP contribution < -0.4 is 5.32 Å². The zero-order chi connectivity index (χ0) is 24.7. The maximum atomic E-state index is 13.7. The minimum Gasteiger partial charge on any atom is -0.346 e. The fourth-order valence-corrected chi connectivity index (χ4v) is 3.77. The summed E-state index contributed by atoms with van der Waals surface area (Å²) in [4.78, 5) is 22.1. The summed E-state index contributed by atoms with van der Waals surface area (Å²) in [5.41, 5.74) is -2.68. The van der Waals surface area contributed by atoms with Crippen molar-refractivity contribution < 1.29 is 27.2 Å². The Morgan fingerprint density at radius 2 is 1.94 bits per heavy atom. The summed E-state index contributed by atoms with van der Waals surface area (Å²) >= 11 is 5.44. The van der Waals surface area contributed by atoms with Gasteiger partial charge in [-0.15, -0.1) is 13.2 Å². The van der Waals surface area contributed by atoms with Crippen LogP contribution in [0.15, 0.2) is 37.6 Å². The molecule has 0 spiro atoms. The number of anilines is 1. The van der Waals surface area contributed by atoms with Crippen molar-refractivity contribution >= 4 is 38.7 Å². The first kappa shape index (κ1) is 27.9. The van der Waals surface area contributed by atoms with Crippen LogP contribution in [0.3, 0.4) is 0 Å². The Morgan fingerprint density at radius 3 is 2.31 bits per heavy atom. The molecule has 1 aromatic heterocycles. The molecule has 1 heterocycles. The molecule has 10 heteroatoms. The van der Waals surface area contributed by atoms with Crippen LogP contribution in [0.5, 0.6) is 0 Å². The summed E-state index contributed by atoms with van der Waals surface area (Å²) in [7, 11) is 3.24. The van der Waals surface area contributed by atoms with Crippen molar-refractivity contribution in [3.05, 3.63) is 65.5 Å². The van der Waals surface area contributed by atoms with Crippen LogP contribution in [-0.4, -0.2) is 22.4 Å². The van der Waals surface area contributed by atoms with Crippen LogP contribution in [0.2, 0.25) is 5.02 Å². The molecule has 2 aromatic rings. The highest BCUT2D eigenvalue weighted by atomic mass is 35.5. The number of carbonyl (C=O) groups excluding carboxylic acids is 2. The van der Waals surface area contributed by atoms with E-state index in [-0.39, 0.29) is 12.1 Å². The lowest BCUT2D eigenvalue weighted by atomic mass is 9.67. The third-order valence-corrected chi connectivity index (χ3v) is 6.11. The number of hydrogen-bond donors (Lipinski definition) is 1. The molecule has 1 unspecified atom stereocenters. The molecule has 3 rings (SSSR count). The molecule has 1 fully saturated rings. The molecule has 0 radical (unpaired) electrons. The number of aromatic nitrogens is 1. The van der Waals surface area contributed by atoms with E-state index < -0.39 is 33.6 Å². The topological polar surface area (TPSA) is 51.1 Å². The van der Waals surface area contributed by atoms with Crippen LogP contribution in [0.25, 0.3) is 0 Å². The standard InChI is InChI=1S/C13H11ClF2N2O.C7H11F2OP.C2H4/c1-7-5-10(18(2)6-7)13(19)17-9-4-3-8(15)11(14)12(9)16;8-7(9,11)6(4-5-10)2-1-3-6;1-2/h3-6H,1-2H3,(H,17,19);5H,1-4,11H2;1-2H2. The molecule has 1 aliphatic carbocycles. The van der Waals surface area contributed by atoms with Gasteiger partial charge in [-0.3, -0.25) is 4.79 Å². The molecule has 176 valence electrons. The van der Waals surface area contributed by atoms with E-state index in [1.54, 1.807) is 23.9 Å². The van der Waals surface area contributed by atoms with Crippen molar-refractivity contribution in [3.8, 4) is 0 Å². The van der Waals surface area contributed by atoms with Gasteiger partial charge in [0.1, 0.15) is 22.8 Å². The minimum atomic E-state index is -2.77. The maximum absolute atomic E-state index is 13.7. The molecule has 1 amide bonds. The number of hydrogen-bond acceptors (Lipinski definition) is 2. The van der Waals surface area contributed by atoms with Crippen molar-refractivity contribution in [2.75, 3.05) is 5.32 Å². The molecular weight excluding hydrogens is 467 g/mol. The first-order valence-electron chi connectivity index (χ1n) is 9.60. The monoisotopic (exact) mass is 492 g/mol. The highest BCUT2D eigenvalue weighted by Gasteiger charge is 2.53. The number of nitrogens with one attached hydrogen (secondary N) is 1. The van der Waals surface area contributed by atoms with Gasteiger partial charge >= 0.3 is 0 Å². The van der Waals surface area contributed by atoms with Gasteiger partial charge in [-0.1, -0.05) is 27.3 Å². The van der Waals surface area contributed by atoms with E-state index in [0.717, 1.165) is 24.1 Å². The summed E-state index contributed by atoms with van der Waals surface area (Å²) in [5, 5.41) is 1.72.